The predicted octanol–water partition coefficient (Wildman–Crippen LogP) is 3.52. The van der Waals surface area contributed by atoms with E-state index >= 15 is 0 Å². The Morgan fingerprint density at radius 3 is 2.62 bits per heavy atom. The molecule has 3 heteroatoms. The van der Waals surface area contributed by atoms with Crippen LogP contribution in [0.5, 0.6) is 0 Å². The van der Waals surface area contributed by atoms with Crippen molar-refractivity contribution < 1.29 is 9.59 Å². The fourth-order valence-corrected chi connectivity index (χ4v) is 2.84. The van der Waals surface area contributed by atoms with Crippen molar-refractivity contribution in [2.75, 3.05) is 13.1 Å². The van der Waals surface area contributed by atoms with Gasteiger partial charge in [0, 0.05) is 18.5 Å². The second-order valence-corrected chi connectivity index (χ2v) is 6.97. The SMILES string of the molecule is Cc1ccc(C(=O)CN2CCC(C)(C)CCC2=O)c(C)c1. The zero-order chi connectivity index (χ0) is 15.6. The highest BCUT2D eigenvalue weighted by Gasteiger charge is 2.28. The lowest BCUT2D eigenvalue weighted by molar-refractivity contribution is -0.130. The van der Waals surface area contributed by atoms with Gasteiger partial charge in [0.2, 0.25) is 5.91 Å². The molecule has 0 bridgehead atoms. The first-order valence-corrected chi connectivity index (χ1v) is 7.67. The normalized spacial score (nSPS) is 18.5. The van der Waals surface area contributed by atoms with E-state index < -0.39 is 0 Å². The minimum absolute atomic E-state index is 0.0422. The van der Waals surface area contributed by atoms with Crippen LogP contribution >= 0.6 is 0 Å². The van der Waals surface area contributed by atoms with E-state index in [0.717, 1.165) is 29.5 Å². The molecule has 1 aliphatic rings. The number of amides is 1. The number of nitrogens with zero attached hydrogens (tertiary/aromatic N) is 1. The standard InChI is InChI=1S/C18H25NO2/c1-13-5-6-15(14(2)11-13)16(20)12-19-10-9-18(3,4)8-7-17(19)21/h5-6,11H,7-10,12H2,1-4H3. The van der Waals surface area contributed by atoms with Gasteiger partial charge in [0.1, 0.15) is 0 Å². The van der Waals surface area contributed by atoms with Gasteiger partial charge in [0.15, 0.2) is 5.78 Å². The van der Waals surface area contributed by atoms with Gasteiger partial charge in [-0.25, -0.2) is 0 Å². The predicted molar refractivity (Wildman–Crippen MR) is 84.5 cm³/mol. The Kier molecular flexibility index (Phi) is 4.50. The molecule has 1 aromatic rings. The Hall–Kier alpha value is -1.64. The Bertz CT molecular complexity index is 560. The van der Waals surface area contributed by atoms with E-state index in [9.17, 15) is 9.59 Å². The van der Waals surface area contributed by atoms with Crippen LogP contribution in [-0.2, 0) is 4.79 Å². The lowest BCUT2D eigenvalue weighted by Gasteiger charge is -2.23. The molecule has 0 aromatic heterocycles. The lowest BCUT2D eigenvalue weighted by atomic mass is 9.85. The van der Waals surface area contributed by atoms with Gasteiger partial charge in [-0.2, -0.15) is 0 Å². The quantitative estimate of drug-likeness (QED) is 0.798. The number of hydrogen-bond donors (Lipinski definition) is 0. The summed E-state index contributed by atoms with van der Waals surface area (Å²) in [6, 6.07) is 5.84. The summed E-state index contributed by atoms with van der Waals surface area (Å²) in [7, 11) is 0. The van der Waals surface area contributed by atoms with E-state index in [-0.39, 0.29) is 23.7 Å². The lowest BCUT2D eigenvalue weighted by Crippen LogP contribution is -2.35. The number of aryl methyl sites for hydroxylation is 2. The minimum Gasteiger partial charge on any atom is -0.335 e. The number of hydrogen-bond acceptors (Lipinski definition) is 2. The first-order valence-electron chi connectivity index (χ1n) is 7.67. The molecule has 0 N–H and O–H groups in total. The highest BCUT2D eigenvalue weighted by atomic mass is 16.2. The molecule has 0 radical (unpaired) electrons. The van der Waals surface area contributed by atoms with Crippen molar-refractivity contribution in [1.29, 1.82) is 0 Å². The molecule has 0 saturated carbocycles. The molecule has 21 heavy (non-hydrogen) atoms. The van der Waals surface area contributed by atoms with Gasteiger partial charge in [0.25, 0.3) is 0 Å². The third-order valence-electron chi connectivity index (χ3n) is 4.44. The summed E-state index contributed by atoms with van der Waals surface area (Å²) in [5, 5.41) is 0. The molecule has 114 valence electrons. The molecule has 0 atom stereocenters. The van der Waals surface area contributed by atoms with E-state index in [2.05, 4.69) is 13.8 Å². The Labute approximate surface area is 127 Å². The molecule has 1 amide bonds. The van der Waals surface area contributed by atoms with Gasteiger partial charge in [-0.05, 0) is 37.7 Å². The van der Waals surface area contributed by atoms with Crippen LogP contribution in [0.4, 0.5) is 0 Å². The zero-order valence-electron chi connectivity index (χ0n) is 13.5. The fourth-order valence-electron chi connectivity index (χ4n) is 2.84. The van der Waals surface area contributed by atoms with Gasteiger partial charge in [-0.1, -0.05) is 37.6 Å². The summed E-state index contributed by atoms with van der Waals surface area (Å²) < 4.78 is 0. The van der Waals surface area contributed by atoms with Crippen LogP contribution in [0, 0.1) is 19.3 Å². The molecular weight excluding hydrogens is 262 g/mol. The molecular formula is C18H25NO2. The summed E-state index contributed by atoms with van der Waals surface area (Å²) in [5.74, 6) is 0.152. The highest BCUT2D eigenvalue weighted by Crippen LogP contribution is 2.30. The number of carbonyl (C=O) groups is 2. The molecule has 0 aliphatic carbocycles. The van der Waals surface area contributed by atoms with Crippen LogP contribution < -0.4 is 0 Å². The number of rotatable bonds is 3. The summed E-state index contributed by atoms with van der Waals surface area (Å²) in [4.78, 5) is 26.4. The third-order valence-corrected chi connectivity index (χ3v) is 4.44. The van der Waals surface area contributed by atoms with Crippen LogP contribution in [0.25, 0.3) is 0 Å². The molecule has 1 aliphatic heterocycles. The number of likely N-dealkylation sites (tertiary alicyclic amines) is 1. The second-order valence-electron chi connectivity index (χ2n) is 6.97. The maximum Gasteiger partial charge on any atom is 0.222 e. The molecule has 1 saturated heterocycles. The fraction of sp³-hybridized carbons (Fsp3) is 0.556. The van der Waals surface area contributed by atoms with Gasteiger partial charge in [-0.3, -0.25) is 9.59 Å². The van der Waals surface area contributed by atoms with Crippen molar-refractivity contribution in [3.63, 3.8) is 0 Å². The van der Waals surface area contributed by atoms with E-state index in [1.54, 1.807) is 4.90 Å². The van der Waals surface area contributed by atoms with Crippen molar-refractivity contribution in [3.8, 4) is 0 Å². The average molecular weight is 287 g/mol. The summed E-state index contributed by atoms with van der Waals surface area (Å²) in [5.41, 5.74) is 3.06. The monoisotopic (exact) mass is 287 g/mol. The largest absolute Gasteiger partial charge is 0.335 e. The van der Waals surface area contributed by atoms with E-state index in [1.165, 1.54) is 0 Å². The second kappa shape index (κ2) is 6.00. The number of ketones is 1. The van der Waals surface area contributed by atoms with Crippen molar-refractivity contribution in [2.24, 2.45) is 5.41 Å². The van der Waals surface area contributed by atoms with Crippen LogP contribution in [0.15, 0.2) is 18.2 Å². The molecule has 0 unspecified atom stereocenters. The van der Waals surface area contributed by atoms with Crippen LogP contribution in [-0.4, -0.2) is 29.7 Å². The molecule has 1 heterocycles. The van der Waals surface area contributed by atoms with Crippen LogP contribution in [0.3, 0.4) is 0 Å². The Morgan fingerprint density at radius 1 is 1.24 bits per heavy atom. The van der Waals surface area contributed by atoms with Gasteiger partial charge < -0.3 is 4.90 Å². The van der Waals surface area contributed by atoms with Gasteiger partial charge in [-0.15, -0.1) is 0 Å². The highest BCUT2D eigenvalue weighted by molar-refractivity contribution is 6.00. The van der Waals surface area contributed by atoms with E-state index in [1.807, 2.05) is 32.0 Å². The zero-order valence-corrected chi connectivity index (χ0v) is 13.5. The summed E-state index contributed by atoms with van der Waals surface area (Å²) in [6.45, 7) is 9.24. The Morgan fingerprint density at radius 2 is 1.95 bits per heavy atom. The average Bonchev–Trinajstić information content (AvgIpc) is 2.51. The summed E-state index contributed by atoms with van der Waals surface area (Å²) >= 11 is 0. The van der Waals surface area contributed by atoms with Crippen molar-refractivity contribution in [1.82, 2.24) is 4.90 Å². The molecule has 0 spiro atoms. The molecule has 2 rings (SSSR count). The van der Waals surface area contributed by atoms with E-state index in [4.69, 9.17) is 0 Å². The van der Waals surface area contributed by atoms with E-state index in [0.29, 0.717) is 13.0 Å². The molecule has 1 fully saturated rings. The van der Waals surface area contributed by atoms with Gasteiger partial charge in [0.05, 0.1) is 6.54 Å². The maximum atomic E-state index is 12.5. The van der Waals surface area contributed by atoms with Crippen molar-refractivity contribution >= 4 is 11.7 Å². The number of benzene rings is 1. The number of carbonyl (C=O) groups excluding carboxylic acids is 2. The van der Waals surface area contributed by atoms with Crippen molar-refractivity contribution in [2.45, 2.75) is 47.0 Å². The minimum atomic E-state index is 0.0422. The first kappa shape index (κ1) is 15.7. The summed E-state index contributed by atoms with van der Waals surface area (Å²) in [6.07, 6.45) is 2.41. The number of Topliss-reactive ketones (excluding diaryl/α,β-unsaturated/α-hetero) is 1. The van der Waals surface area contributed by atoms with Crippen LogP contribution in [0.2, 0.25) is 0 Å². The third kappa shape index (κ3) is 3.93. The topological polar surface area (TPSA) is 37.4 Å². The van der Waals surface area contributed by atoms with Gasteiger partial charge >= 0.3 is 0 Å². The Balaban J connectivity index is 2.09. The molecule has 1 aromatic carbocycles. The molecule has 3 nitrogen and oxygen atoms in total. The maximum absolute atomic E-state index is 12.5. The first-order chi connectivity index (χ1) is 9.78. The van der Waals surface area contributed by atoms with Crippen molar-refractivity contribution in [3.05, 3.63) is 34.9 Å². The smallest absolute Gasteiger partial charge is 0.222 e. The van der Waals surface area contributed by atoms with Crippen LogP contribution in [0.1, 0.15) is 54.6 Å².